The molecule has 0 aliphatic heterocycles. The first-order valence-electron chi connectivity index (χ1n) is 6.33. The Hall–Kier alpha value is -2.03. The zero-order valence-corrected chi connectivity index (χ0v) is 11.3. The maximum atomic E-state index is 12.5. The van der Waals surface area contributed by atoms with Gasteiger partial charge in [0.1, 0.15) is 0 Å². The molecule has 0 fully saturated rings. The third-order valence-electron chi connectivity index (χ3n) is 3.17. The fourth-order valence-electron chi connectivity index (χ4n) is 2.03. The van der Waals surface area contributed by atoms with Gasteiger partial charge < -0.3 is 0 Å². The van der Waals surface area contributed by atoms with Crippen LogP contribution in [0.3, 0.4) is 0 Å². The van der Waals surface area contributed by atoms with Crippen molar-refractivity contribution in [3.05, 3.63) is 65.2 Å². The molecule has 0 saturated carbocycles. The molecule has 2 rings (SSSR count). The van der Waals surface area contributed by atoms with Crippen molar-refractivity contribution in [2.75, 3.05) is 0 Å². The Morgan fingerprint density at radius 1 is 0.900 bits per heavy atom. The smallest absolute Gasteiger partial charge is 0.166 e. The van der Waals surface area contributed by atoms with Gasteiger partial charge in [0, 0.05) is 0 Å². The maximum absolute atomic E-state index is 12.5. The zero-order valence-electron chi connectivity index (χ0n) is 11.3. The van der Waals surface area contributed by atoms with E-state index in [0.717, 1.165) is 34.4 Å². The van der Waals surface area contributed by atoms with Crippen molar-refractivity contribution in [1.29, 1.82) is 0 Å². The normalized spacial score (nSPS) is 12.1. The number of aryl methyl sites for hydroxylation is 1. The van der Waals surface area contributed by atoms with Gasteiger partial charge in [0.2, 0.25) is 0 Å². The summed E-state index contributed by atoms with van der Waals surface area (Å²) in [6.45, 7) is 3.94. The number of hydrogen-bond donors (Lipinski definition) is 0. The number of allylic oxidation sites excluding steroid dienone is 1. The van der Waals surface area contributed by atoms with Gasteiger partial charge in [0.15, 0.2) is 0 Å². The van der Waals surface area contributed by atoms with Gasteiger partial charge in [-0.1, -0.05) is 36.4 Å². The molecule has 0 saturated heterocycles. The van der Waals surface area contributed by atoms with Gasteiger partial charge >= 0.3 is 6.18 Å². The number of rotatable bonds is 2. The topological polar surface area (TPSA) is 0 Å². The van der Waals surface area contributed by atoms with Crippen LogP contribution < -0.4 is 0 Å². The molecule has 3 heteroatoms. The van der Waals surface area contributed by atoms with Crippen LogP contribution in [0.5, 0.6) is 0 Å². The van der Waals surface area contributed by atoms with Crippen LogP contribution in [-0.2, 0) is 6.18 Å². The van der Waals surface area contributed by atoms with Crippen LogP contribution in [0, 0.1) is 6.92 Å². The average molecular weight is 276 g/mol. The fraction of sp³-hybridized carbons (Fsp3) is 0.176. The Balaban J connectivity index is 2.39. The van der Waals surface area contributed by atoms with Gasteiger partial charge in [0.25, 0.3) is 0 Å². The van der Waals surface area contributed by atoms with E-state index in [1.807, 2.05) is 44.2 Å². The van der Waals surface area contributed by atoms with Gasteiger partial charge in [-0.15, -0.1) is 0 Å². The lowest BCUT2D eigenvalue weighted by Crippen LogP contribution is -2.03. The van der Waals surface area contributed by atoms with Crippen LogP contribution in [0.4, 0.5) is 13.2 Å². The summed E-state index contributed by atoms with van der Waals surface area (Å²) in [4.78, 5) is 0. The highest BCUT2D eigenvalue weighted by atomic mass is 19.4. The van der Waals surface area contributed by atoms with Crippen molar-refractivity contribution in [2.24, 2.45) is 0 Å². The maximum Gasteiger partial charge on any atom is 0.416 e. The molecule has 20 heavy (non-hydrogen) atoms. The van der Waals surface area contributed by atoms with Crippen LogP contribution in [0.15, 0.2) is 48.5 Å². The highest BCUT2D eigenvalue weighted by Crippen LogP contribution is 2.31. The highest BCUT2D eigenvalue weighted by molar-refractivity contribution is 5.69. The Bertz CT molecular complexity index is 620. The second-order valence-electron chi connectivity index (χ2n) is 4.65. The van der Waals surface area contributed by atoms with E-state index in [1.54, 1.807) is 0 Å². The zero-order chi connectivity index (χ0) is 14.8. The molecule has 0 bridgehead atoms. The first-order valence-corrected chi connectivity index (χ1v) is 6.33. The summed E-state index contributed by atoms with van der Waals surface area (Å²) in [6, 6.07) is 11.1. The van der Waals surface area contributed by atoms with E-state index >= 15 is 0 Å². The molecule has 0 aromatic heterocycles. The Morgan fingerprint density at radius 2 is 1.50 bits per heavy atom. The van der Waals surface area contributed by atoms with Crippen molar-refractivity contribution >= 4 is 6.08 Å². The van der Waals surface area contributed by atoms with Gasteiger partial charge in [-0.3, -0.25) is 0 Å². The SMILES string of the molecule is C/C=C\c1cc(-c2ccc(C(F)(F)F)cc2)ccc1C. The molecule has 0 nitrogen and oxygen atoms in total. The quantitative estimate of drug-likeness (QED) is 0.658. The second kappa shape index (κ2) is 5.53. The lowest BCUT2D eigenvalue weighted by molar-refractivity contribution is -0.137. The van der Waals surface area contributed by atoms with Gasteiger partial charge in [-0.05, 0) is 54.3 Å². The Morgan fingerprint density at radius 3 is 2.05 bits per heavy atom. The minimum atomic E-state index is -4.29. The van der Waals surface area contributed by atoms with Crippen LogP contribution in [0.25, 0.3) is 17.2 Å². The molecule has 0 spiro atoms. The van der Waals surface area contributed by atoms with E-state index in [4.69, 9.17) is 0 Å². The number of benzene rings is 2. The second-order valence-corrected chi connectivity index (χ2v) is 4.65. The van der Waals surface area contributed by atoms with E-state index < -0.39 is 11.7 Å². The van der Waals surface area contributed by atoms with Crippen LogP contribution in [0.1, 0.15) is 23.6 Å². The van der Waals surface area contributed by atoms with Crippen molar-refractivity contribution in [2.45, 2.75) is 20.0 Å². The first kappa shape index (κ1) is 14.4. The lowest BCUT2D eigenvalue weighted by atomic mass is 9.98. The van der Waals surface area contributed by atoms with E-state index in [9.17, 15) is 13.2 Å². The van der Waals surface area contributed by atoms with E-state index in [-0.39, 0.29) is 0 Å². The molecule has 0 radical (unpaired) electrons. The van der Waals surface area contributed by atoms with Gasteiger partial charge in [-0.25, -0.2) is 0 Å². The number of alkyl halides is 3. The molecule has 0 amide bonds. The largest absolute Gasteiger partial charge is 0.416 e. The molecule has 0 aliphatic carbocycles. The lowest BCUT2D eigenvalue weighted by Gasteiger charge is -2.09. The summed E-state index contributed by atoms with van der Waals surface area (Å²) < 4.78 is 37.6. The van der Waals surface area contributed by atoms with E-state index in [1.165, 1.54) is 12.1 Å². The molecule has 2 aromatic carbocycles. The molecule has 0 N–H and O–H groups in total. The molecule has 0 heterocycles. The van der Waals surface area contributed by atoms with Crippen LogP contribution in [-0.4, -0.2) is 0 Å². The summed E-state index contributed by atoms with van der Waals surface area (Å²) in [7, 11) is 0. The van der Waals surface area contributed by atoms with Gasteiger partial charge in [-0.2, -0.15) is 13.2 Å². The summed E-state index contributed by atoms with van der Waals surface area (Å²) in [6.07, 6.45) is -0.357. The Kier molecular flexibility index (Phi) is 3.98. The first-order chi connectivity index (χ1) is 9.41. The van der Waals surface area contributed by atoms with Crippen molar-refractivity contribution < 1.29 is 13.2 Å². The Labute approximate surface area is 116 Å². The van der Waals surface area contributed by atoms with Crippen LogP contribution >= 0.6 is 0 Å². The van der Waals surface area contributed by atoms with Gasteiger partial charge in [0.05, 0.1) is 5.56 Å². The van der Waals surface area contributed by atoms with E-state index in [0.29, 0.717) is 0 Å². The standard InChI is InChI=1S/C17H15F3/c1-3-4-14-11-15(6-5-12(14)2)13-7-9-16(10-8-13)17(18,19)20/h3-11H,1-2H3/b4-3-. The summed E-state index contributed by atoms with van der Waals surface area (Å²) in [5.74, 6) is 0. The molecule has 0 unspecified atom stereocenters. The van der Waals surface area contributed by atoms with E-state index in [2.05, 4.69) is 0 Å². The molecule has 2 aromatic rings. The summed E-state index contributed by atoms with van der Waals surface area (Å²) in [5.41, 5.74) is 3.28. The molecule has 0 atom stereocenters. The molecule has 0 aliphatic rings. The van der Waals surface area contributed by atoms with Crippen molar-refractivity contribution in [3.63, 3.8) is 0 Å². The highest BCUT2D eigenvalue weighted by Gasteiger charge is 2.29. The molecule has 104 valence electrons. The monoisotopic (exact) mass is 276 g/mol. The number of halogens is 3. The third-order valence-corrected chi connectivity index (χ3v) is 3.17. The predicted molar refractivity (Wildman–Crippen MR) is 76.3 cm³/mol. The molecular formula is C17H15F3. The van der Waals surface area contributed by atoms with Crippen molar-refractivity contribution in [3.8, 4) is 11.1 Å². The minimum absolute atomic E-state index is 0.623. The molecular weight excluding hydrogens is 261 g/mol. The summed E-state index contributed by atoms with van der Waals surface area (Å²) in [5, 5.41) is 0. The van der Waals surface area contributed by atoms with Crippen LogP contribution in [0.2, 0.25) is 0 Å². The average Bonchev–Trinajstić information content (AvgIpc) is 2.41. The number of hydrogen-bond acceptors (Lipinski definition) is 0. The summed E-state index contributed by atoms with van der Waals surface area (Å²) >= 11 is 0. The minimum Gasteiger partial charge on any atom is -0.166 e. The van der Waals surface area contributed by atoms with Crippen molar-refractivity contribution in [1.82, 2.24) is 0 Å². The third kappa shape index (κ3) is 3.10. The predicted octanol–water partition coefficient (Wildman–Crippen LogP) is 5.71. The fourth-order valence-corrected chi connectivity index (χ4v) is 2.03.